The van der Waals surface area contributed by atoms with Crippen LogP contribution >= 0.6 is 15.9 Å². The van der Waals surface area contributed by atoms with Crippen molar-refractivity contribution >= 4 is 22.1 Å². The molecule has 0 aliphatic rings. The molecule has 0 rings (SSSR count). The Bertz CT molecular complexity index is 130. The number of aliphatic imine (C=N–C) groups is 1. The van der Waals surface area contributed by atoms with E-state index in [4.69, 9.17) is 0 Å². The summed E-state index contributed by atoms with van der Waals surface area (Å²) in [7, 11) is 0. The van der Waals surface area contributed by atoms with Crippen LogP contribution in [0, 0.1) is 0 Å². The standard InChI is InChI=1S/C9H16BrN/c1-3-4-5-6-7-11-8-9(2)10/h8H,2-7H2,1H3. The van der Waals surface area contributed by atoms with Crippen molar-refractivity contribution in [3.8, 4) is 0 Å². The second-order valence-electron chi connectivity index (χ2n) is 2.54. The first-order chi connectivity index (χ1) is 5.27. The predicted octanol–water partition coefficient (Wildman–Crippen LogP) is 3.55. The third-order valence-corrected chi connectivity index (χ3v) is 1.58. The minimum Gasteiger partial charge on any atom is -0.292 e. The van der Waals surface area contributed by atoms with Gasteiger partial charge in [0.1, 0.15) is 0 Å². The minimum atomic E-state index is 0.855. The summed E-state index contributed by atoms with van der Waals surface area (Å²) in [6.45, 7) is 6.80. The van der Waals surface area contributed by atoms with Gasteiger partial charge in [-0.2, -0.15) is 0 Å². The highest BCUT2D eigenvalue weighted by atomic mass is 79.9. The zero-order valence-corrected chi connectivity index (χ0v) is 8.73. The summed E-state index contributed by atoms with van der Waals surface area (Å²) in [4.78, 5) is 4.17. The Morgan fingerprint density at radius 2 is 2.18 bits per heavy atom. The molecule has 0 aliphatic heterocycles. The van der Waals surface area contributed by atoms with Gasteiger partial charge in [0.05, 0.1) is 0 Å². The lowest BCUT2D eigenvalue weighted by Crippen LogP contribution is -1.82. The number of halogens is 1. The molecule has 11 heavy (non-hydrogen) atoms. The van der Waals surface area contributed by atoms with Gasteiger partial charge in [-0.1, -0.05) is 32.8 Å². The molecule has 1 nitrogen and oxygen atoms in total. The van der Waals surface area contributed by atoms with Crippen molar-refractivity contribution in [1.29, 1.82) is 0 Å². The van der Waals surface area contributed by atoms with Crippen LogP contribution in [0.5, 0.6) is 0 Å². The Morgan fingerprint density at radius 3 is 2.73 bits per heavy atom. The average Bonchev–Trinajstić information content (AvgIpc) is 1.96. The van der Waals surface area contributed by atoms with Crippen LogP contribution in [0.3, 0.4) is 0 Å². The molecule has 0 aromatic heterocycles. The van der Waals surface area contributed by atoms with Crippen molar-refractivity contribution in [3.63, 3.8) is 0 Å². The Kier molecular flexibility index (Phi) is 7.91. The van der Waals surface area contributed by atoms with Gasteiger partial charge in [0.2, 0.25) is 0 Å². The number of rotatable bonds is 6. The smallest absolute Gasteiger partial charge is 0.0389 e. The topological polar surface area (TPSA) is 12.4 Å². The van der Waals surface area contributed by atoms with Crippen LogP contribution in [-0.4, -0.2) is 12.8 Å². The van der Waals surface area contributed by atoms with Crippen molar-refractivity contribution < 1.29 is 0 Å². The van der Waals surface area contributed by atoms with Crippen molar-refractivity contribution in [2.24, 2.45) is 4.99 Å². The molecule has 0 spiro atoms. The van der Waals surface area contributed by atoms with Gasteiger partial charge in [0.25, 0.3) is 0 Å². The quantitative estimate of drug-likeness (QED) is 0.477. The highest BCUT2D eigenvalue weighted by Gasteiger charge is 1.84. The number of hydrogen-bond donors (Lipinski definition) is 0. The maximum absolute atomic E-state index is 4.17. The van der Waals surface area contributed by atoms with Crippen molar-refractivity contribution in [2.75, 3.05) is 6.54 Å². The summed E-state index contributed by atoms with van der Waals surface area (Å²) < 4.78 is 0.855. The summed E-state index contributed by atoms with van der Waals surface area (Å²) >= 11 is 3.21. The predicted molar refractivity (Wildman–Crippen MR) is 55.6 cm³/mol. The van der Waals surface area contributed by atoms with Crippen LogP contribution < -0.4 is 0 Å². The van der Waals surface area contributed by atoms with Gasteiger partial charge in [-0.3, -0.25) is 4.99 Å². The van der Waals surface area contributed by atoms with Crippen LogP contribution in [0.2, 0.25) is 0 Å². The van der Waals surface area contributed by atoms with Gasteiger partial charge in [0, 0.05) is 17.2 Å². The lowest BCUT2D eigenvalue weighted by atomic mass is 10.2. The summed E-state index contributed by atoms with van der Waals surface area (Å²) in [5.74, 6) is 0. The third-order valence-electron chi connectivity index (χ3n) is 1.37. The number of hydrogen-bond acceptors (Lipinski definition) is 1. The van der Waals surface area contributed by atoms with Gasteiger partial charge in [-0.05, 0) is 22.4 Å². The van der Waals surface area contributed by atoms with E-state index < -0.39 is 0 Å². The molecular formula is C9H16BrN. The van der Waals surface area contributed by atoms with Crippen LogP contribution in [0.15, 0.2) is 16.1 Å². The van der Waals surface area contributed by atoms with E-state index in [-0.39, 0.29) is 0 Å². The molecule has 0 aromatic rings. The van der Waals surface area contributed by atoms with Gasteiger partial charge in [-0.15, -0.1) is 0 Å². The molecule has 0 fully saturated rings. The molecule has 0 saturated heterocycles. The van der Waals surface area contributed by atoms with E-state index in [0.717, 1.165) is 11.0 Å². The zero-order chi connectivity index (χ0) is 8.53. The second kappa shape index (κ2) is 7.99. The van der Waals surface area contributed by atoms with Gasteiger partial charge < -0.3 is 0 Å². The first kappa shape index (κ1) is 10.9. The fourth-order valence-electron chi connectivity index (χ4n) is 0.793. The molecule has 0 unspecified atom stereocenters. The molecular weight excluding hydrogens is 202 g/mol. The molecule has 64 valence electrons. The Labute approximate surface area is 77.7 Å². The first-order valence-electron chi connectivity index (χ1n) is 4.11. The summed E-state index contributed by atoms with van der Waals surface area (Å²) in [5.41, 5.74) is 0. The number of unbranched alkanes of at least 4 members (excludes halogenated alkanes) is 3. The van der Waals surface area contributed by atoms with Gasteiger partial charge in [0.15, 0.2) is 0 Å². The molecule has 0 saturated carbocycles. The van der Waals surface area contributed by atoms with Crippen LogP contribution in [0.4, 0.5) is 0 Å². The summed E-state index contributed by atoms with van der Waals surface area (Å²) in [5, 5.41) is 0. The Balaban J connectivity index is 3.07. The largest absolute Gasteiger partial charge is 0.292 e. The van der Waals surface area contributed by atoms with E-state index in [2.05, 4.69) is 34.4 Å². The Hall–Kier alpha value is -0.110. The van der Waals surface area contributed by atoms with Crippen molar-refractivity contribution in [1.82, 2.24) is 0 Å². The zero-order valence-electron chi connectivity index (χ0n) is 7.15. The molecule has 0 atom stereocenters. The van der Waals surface area contributed by atoms with E-state index in [9.17, 15) is 0 Å². The molecule has 0 heterocycles. The van der Waals surface area contributed by atoms with Crippen LogP contribution in [-0.2, 0) is 0 Å². The van der Waals surface area contributed by atoms with E-state index in [1.54, 1.807) is 6.21 Å². The fraction of sp³-hybridized carbons (Fsp3) is 0.667. The molecule has 0 aromatic carbocycles. The number of nitrogens with zero attached hydrogens (tertiary/aromatic N) is 1. The highest BCUT2D eigenvalue weighted by Crippen LogP contribution is 1.99. The second-order valence-corrected chi connectivity index (χ2v) is 3.56. The summed E-state index contributed by atoms with van der Waals surface area (Å²) in [6, 6.07) is 0. The average molecular weight is 218 g/mol. The van der Waals surface area contributed by atoms with Crippen molar-refractivity contribution in [3.05, 3.63) is 11.1 Å². The number of allylic oxidation sites excluding steroid dienone is 1. The summed E-state index contributed by atoms with van der Waals surface area (Å²) in [6.07, 6.45) is 6.87. The van der Waals surface area contributed by atoms with Crippen LogP contribution in [0.25, 0.3) is 0 Å². The molecule has 0 radical (unpaired) electrons. The highest BCUT2D eigenvalue weighted by molar-refractivity contribution is 9.12. The van der Waals surface area contributed by atoms with Crippen LogP contribution in [0.1, 0.15) is 32.6 Å². The Morgan fingerprint density at radius 1 is 1.45 bits per heavy atom. The monoisotopic (exact) mass is 217 g/mol. The van der Waals surface area contributed by atoms with E-state index in [1.807, 2.05) is 0 Å². The lowest BCUT2D eigenvalue weighted by molar-refractivity contribution is 0.676. The maximum atomic E-state index is 4.17. The molecule has 0 amide bonds. The van der Waals surface area contributed by atoms with E-state index >= 15 is 0 Å². The van der Waals surface area contributed by atoms with E-state index in [1.165, 1.54) is 25.7 Å². The lowest BCUT2D eigenvalue weighted by Gasteiger charge is -1.93. The SMILES string of the molecule is C=C(Br)C=NCCCCCC. The normalized spacial score (nSPS) is 10.7. The first-order valence-corrected chi connectivity index (χ1v) is 4.91. The molecule has 2 heteroatoms. The van der Waals surface area contributed by atoms with E-state index in [0.29, 0.717) is 0 Å². The molecule has 0 N–H and O–H groups in total. The molecule has 0 aliphatic carbocycles. The van der Waals surface area contributed by atoms with Gasteiger partial charge in [-0.25, -0.2) is 0 Å². The van der Waals surface area contributed by atoms with Gasteiger partial charge >= 0.3 is 0 Å². The minimum absolute atomic E-state index is 0.855. The molecule has 0 bridgehead atoms. The fourth-order valence-corrected chi connectivity index (χ4v) is 0.938. The third kappa shape index (κ3) is 9.89. The van der Waals surface area contributed by atoms with Crippen molar-refractivity contribution in [2.45, 2.75) is 32.6 Å². The maximum Gasteiger partial charge on any atom is 0.0389 e.